The number of imidazole rings is 2. The topological polar surface area (TPSA) is 150 Å². The summed E-state index contributed by atoms with van der Waals surface area (Å²) >= 11 is 0. The second-order valence-electron chi connectivity index (χ2n) is 13.0. The molecule has 0 saturated carbocycles. The first-order chi connectivity index (χ1) is 22.1. The lowest BCUT2D eigenvalue weighted by Crippen LogP contribution is -2.46. The zero-order valence-electron chi connectivity index (χ0n) is 27.1. The average molecular weight is 621 g/mol. The molecule has 0 unspecified atom stereocenters. The van der Waals surface area contributed by atoms with Gasteiger partial charge in [0.25, 0.3) is 5.91 Å². The maximum absolute atomic E-state index is 13.0. The van der Waals surface area contributed by atoms with Gasteiger partial charge in [-0.25, -0.2) is 9.97 Å². The summed E-state index contributed by atoms with van der Waals surface area (Å²) in [5.41, 5.74) is 19.5. The Morgan fingerprint density at radius 2 is 1.20 bits per heavy atom. The van der Waals surface area contributed by atoms with Crippen LogP contribution in [0.1, 0.15) is 77.1 Å². The summed E-state index contributed by atoms with van der Waals surface area (Å²) in [7, 11) is 0. The van der Waals surface area contributed by atoms with E-state index in [0.717, 1.165) is 76.5 Å². The van der Waals surface area contributed by atoms with E-state index in [1.54, 1.807) is 0 Å². The van der Waals surface area contributed by atoms with Gasteiger partial charge >= 0.3 is 0 Å². The Balaban J connectivity index is 1.13. The van der Waals surface area contributed by atoms with Crippen LogP contribution in [-0.4, -0.2) is 60.7 Å². The van der Waals surface area contributed by atoms with E-state index in [1.165, 1.54) is 0 Å². The van der Waals surface area contributed by atoms with Crippen molar-refractivity contribution in [3.63, 3.8) is 0 Å². The van der Waals surface area contributed by atoms with Crippen molar-refractivity contribution in [2.45, 2.75) is 71.5 Å². The van der Waals surface area contributed by atoms with Crippen molar-refractivity contribution in [2.24, 2.45) is 17.4 Å². The Labute approximate surface area is 270 Å². The number of allylic oxidation sites excluding steroid dienone is 1. The number of rotatable bonds is 8. The smallest absolute Gasteiger partial charge is 0.270 e. The van der Waals surface area contributed by atoms with Gasteiger partial charge in [-0.2, -0.15) is 0 Å². The quantitative estimate of drug-likeness (QED) is 0.186. The second-order valence-corrected chi connectivity index (χ2v) is 13.0. The van der Waals surface area contributed by atoms with Gasteiger partial charge in [0.1, 0.15) is 11.6 Å². The molecule has 3 atom stereocenters. The van der Waals surface area contributed by atoms with E-state index >= 15 is 0 Å². The molecule has 6 N–H and O–H groups in total. The maximum Gasteiger partial charge on any atom is 0.270 e. The number of nitrogens with two attached hydrogens (primary N) is 2. The SMILES string of the molecule is CC(C)=C(N)C(=O)N1CCC[C@H]1c1ncc(-c2ccc(-c3ccc(-c4cnc([C@@H]5CCCN5C(=O)[C@@H](N)C(C)C)[nH]4)cc3)cc2)[nH]1. The third kappa shape index (κ3) is 6.09. The fourth-order valence-corrected chi connectivity index (χ4v) is 6.44. The van der Waals surface area contributed by atoms with Crippen LogP contribution in [0, 0.1) is 5.92 Å². The molecule has 2 saturated heterocycles. The normalized spacial score (nSPS) is 18.7. The lowest BCUT2D eigenvalue weighted by molar-refractivity contribution is -0.134. The van der Waals surface area contributed by atoms with Crippen molar-refractivity contribution >= 4 is 11.8 Å². The highest BCUT2D eigenvalue weighted by Crippen LogP contribution is 2.34. The molecule has 2 aromatic heterocycles. The zero-order valence-corrected chi connectivity index (χ0v) is 27.1. The molecule has 2 fully saturated rings. The molecule has 10 nitrogen and oxygen atoms in total. The summed E-state index contributed by atoms with van der Waals surface area (Å²) in [6.45, 7) is 9.06. The number of carbonyl (C=O) groups excluding carboxylic acids is 2. The minimum atomic E-state index is -0.499. The fourth-order valence-electron chi connectivity index (χ4n) is 6.44. The molecular weight excluding hydrogens is 576 g/mol. The number of carbonyl (C=O) groups is 2. The van der Waals surface area contributed by atoms with Crippen molar-refractivity contribution < 1.29 is 9.59 Å². The van der Waals surface area contributed by atoms with Gasteiger partial charge in [-0.3, -0.25) is 9.59 Å². The first kappa shape index (κ1) is 31.3. The summed E-state index contributed by atoms with van der Waals surface area (Å²) in [5.74, 6) is 1.56. The minimum Gasteiger partial charge on any atom is -0.394 e. The van der Waals surface area contributed by atoms with E-state index in [0.29, 0.717) is 18.8 Å². The summed E-state index contributed by atoms with van der Waals surface area (Å²) < 4.78 is 0. The van der Waals surface area contributed by atoms with Crippen LogP contribution in [0.25, 0.3) is 33.6 Å². The van der Waals surface area contributed by atoms with Crippen LogP contribution >= 0.6 is 0 Å². The number of nitrogens with one attached hydrogen (secondary N) is 2. The molecule has 0 radical (unpaired) electrons. The number of hydrogen-bond donors (Lipinski definition) is 4. The Kier molecular flexibility index (Phi) is 8.82. The molecule has 10 heteroatoms. The van der Waals surface area contributed by atoms with E-state index in [4.69, 9.17) is 11.5 Å². The Bertz CT molecular complexity index is 1730. The predicted octanol–water partition coefficient (Wildman–Crippen LogP) is 5.70. The van der Waals surface area contributed by atoms with E-state index in [1.807, 2.05) is 49.9 Å². The van der Waals surface area contributed by atoms with Gasteiger partial charge in [0, 0.05) is 13.1 Å². The molecule has 46 heavy (non-hydrogen) atoms. The predicted molar refractivity (Wildman–Crippen MR) is 180 cm³/mol. The van der Waals surface area contributed by atoms with Crippen molar-refractivity contribution in [3.05, 3.63) is 83.8 Å². The minimum absolute atomic E-state index is 0.00326. The van der Waals surface area contributed by atoms with Crippen LogP contribution in [0.5, 0.6) is 0 Å². The van der Waals surface area contributed by atoms with E-state index in [-0.39, 0.29) is 29.8 Å². The highest BCUT2D eigenvalue weighted by atomic mass is 16.2. The van der Waals surface area contributed by atoms with E-state index in [2.05, 4.69) is 68.5 Å². The third-order valence-electron chi connectivity index (χ3n) is 9.37. The molecule has 240 valence electrons. The molecular formula is C36H44N8O2. The molecule has 2 aromatic carbocycles. The monoisotopic (exact) mass is 620 g/mol. The van der Waals surface area contributed by atoms with Gasteiger partial charge in [0.15, 0.2) is 0 Å². The molecule has 4 aromatic rings. The fraction of sp³-hybridized carbons (Fsp3) is 0.389. The lowest BCUT2D eigenvalue weighted by Gasteiger charge is -2.27. The van der Waals surface area contributed by atoms with Crippen LogP contribution in [0.3, 0.4) is 0 Å². The number of hydrogen-bond acceptors (Lipinski definition) is 6. The van der Waals surface area contributed by atoms with E-state index in [9.17, 15) is 9.59 Å². The molecule has 6 rings (SSSR count). The average Bonchev–Trinajstić information content (AvgIpc) is 3.89. The Morgan fingerprint density at radius 1 is 0.761 bits per heavy atom. The highest BCUT2D eigenvalue weighted by Gasteiger charge is 2.35. The highest BCUT2D eigenvalue weighted by molar-refractivity contribution is 5.93. The van der Waals surface area contributed by atoms with Crippen LogP contribution in [0.15, 0.2) is 72.2 Å². The maximum atomic E-state index is 13.0. The van der Waals surface area contributed by atoms with Crippen molar-refractivity contribution in [3.8, 4) is 33.6 Å². The number of nitrogens with zero attached hydrogens (tertiary/aromatic N) is 4. The molecule has 2 aliphatic rings. The molecule has 4 heterocycles. The van der Waals surface area contributed by atoms with Crippen LogP contribution in [-0.2, 0) is 9.59 Å². The number of likely N-dealkylation sites (tertiary alicyclic amines) is 2. The van der Waals surface area contributed by atoms with Crippen LogP contribution in [0.4, 0.5) is 0 Å². The molecule has 2 amide bonds. The third-order valence-corrected chi connectivity index (χ3v) is 9.37. The molecule has 2 aliphatic heterocycles. The zero-order chi connectivity index (χ0) is 32.5. The number of amides is 2. The first-order valence-electron chi connectivity index (χ1n) is 16.2. The number of H-pyrrole nitrogens is 2. The standard InChI is InChI=1S/C36H44N8O2/c1-21(2)31(37)35(45)43-17-5-7-29(43)33-39-19-27(41-33)25-13-9-23(10-14-25)24-11-15-26(16-12-24)28-20-40-34(42-28)30-8-6-18-44(30)36(46)32(38)22(3)4/h9-16,19-21,29-31H,5-8,17-18,37-38H2,1-4H3,(H,39,41)(H,40,42)/t29-,30-,31-/m0/s1. The second kappa shape index (κ2) is 13.0. The summed E-state index contributed by atoms with van der Waals surface area (Å²) in [4.78, 5) is 45.9. The summed E-state index contributed by atoms with van der Waals surface area (Å²) in [6, 6.07) is 16.1. The summed E-state index contributed by atoms with van der Waals surface area (Å²) in [5, 5.41) is 0. The first-order valence-corrected chi connectivity index (χ1v) is 16.2. The molecule has 0 spiro atoms. The largest absolute Gasteiger partial charge is 0.394 e. The van der Waals surface area contributed by atoms with Gasteiger partial charge in [-0.1, -0.05) is 62.4 Å². The Morgan fingerprint density at radius 3 is 1.65 bits per heavy atom. The number of aromatic amines is 2. The van der Waals surface area contributed by atoms with Gasteiger partial charge in [0.2, 0.25) is 5.91 Å². The summed E-state index contributed by atoms with van der Waals surface area (Å²) in [6.07, 6.45) is 7.28. The van der Waals surface area contributed by atoms with Gasteiger partial charge < -0.3 is 31.2 Å². The molecule has 0 bridgehead atoms. The molecule has 0 aliphatic carbocycles. The van der Waals surface area contributed by atoms with E-state index < -0.39 is 6.04 Å². The van der Waals surface area contributed by atoms with Crippen LogP contribution in [0.2, 0.25) is 0 Å². The van der Waals surface area contributed by atoms with Gasteiger partial charge in [-0.15, -0.1) is 0 Å². The number of aromatic nitrogens is 4. The van der Waals surface area contributed by atoms with Gasteiger partial charge in [0.05, 0.1) is 47.6 Å². The van der Waals surface area contributed by atoms with Gasteiger partial charge in [-0.05, 0) is 73.3 Å². The number of benzene rings is 2. The van der Waals surface area contributed by atoms with Crippen molar-refractivity contribution in [2.75, 3.05) is 13.1 Å². The van der Waals surface area contributed by atoms with Crippen LogP contribution < -0.4 is 11.5 Å². The lowest BCUT2D eigenvalue weighted by atomic mass is 10.0. The van der Waals surface area contributed by atoms with Crippen molar-refractivity contribution in [1.82, 2.24) is 29.7 Å². The Hall–Kier alpha value is -4.70. The van der Waals surface area contributed by atoms with Crippen molar-refractivity contribution in [1.29, 1.82) is 0 Å².